The molecule has 1 fully saturated rings. The Morgan fingerprint density at radius 3 is 2.80 bits per heavy atom. The molecule has 1 heterocycles. The van der Waals surface area contributed by atoms with Gasteiger partial charge in [0, 0.05) is 29.7 Å². The molecule has 0 amide bonds. The summed E-state index contributed by atoms with van der Waals surface area (Å²) in [5.41, 5.74) is 8.02. The molecule has 1 unspecified atom stereocenters. The number of rotatable bonds is 7. The number of benzene rings is 1. The number of nitrogens with one attached hydrogen (secondary N) is 2. The molecule has 0 saturated heterocycles. The van der Waals surface area contributed by atoms with Crippen LogP contribution in [0.5, 0.6) is 0 Å². The standard InChI is InChI=1S/C22H29FN5OP/c1-2-22(9-6-16(7-10-22)27-17-5-3-4-15(23)12-17)26-14-19(29)21(24)28-18-8-11-25-20(30)13-18/h3-5,8,11-14,16,26-27,29H,2,6-7,9-10,30H2,1H3,(H2,24,25,28)/b19-14+. The molecular formula is C22H29FN5OP. The summed E-state index contributed by atoms with van der Waals surface area (Å²) in [4.78, 5) is 8.33. The number of nitrogens with two attached hydrogens (primary N) is 1. The molecule has 1 atom stereocenters. The van der Waals surface area contributed by atoms with Crippen molar-refractivity contribution in [2.75, 3.05) is 5.32 Å². The lowest BCUT2D eigenvalue weighted by Gasteiger charge is -2.40. The molecule has 2 aromatic rings. The lowest BCUT2D eigenvalue weighted by Crippen LogP contribution is -2.47. The van der Waals surface area contributed by atoms with Crippen molar-refractivity contribution in [2.24, 2.45) is 10.7 Å². The van der Waals surface area contributed by atoms with Crippen LogP contribution in [0.3, 0.4) is 0 Å². The summed E-state index contributed by atoms with van der Waals surface area (Å²) < 4.78 is 13.4. The van der Waals surface area contributed by atoms with E-state index < -0.39 is 0 Å². The fraction of sp³-hybridized carbons (Fsp3) is 0.364. The van der Waals surface area contributed by atoms with Crippen molar-refractivity contribution in [3.05, 3.63) is 60.4 Å². The first-order valence-corrected chi connectivity index (χ1v) is 10.7. The van der Waals surface area contributed by atoms with E-state index in [1.165, 1.54) is 12.1 Å². The molecule has 1 aromatic carbocycles. The number of aliphatic hydroxyl groups excluding tert-OH is 1. The van der Waals surface area contributed by atoms with E-state index in [1.807, 2.05) is 6.07 Å². The molecule has 0 spiro atoms. The van der Waals surface area contributed by atoms with E-state index in [2.05, 4.69) is 36.8 Å². The Labute approximate surface area is 179 Å². The van der Waals surface area contributed by atoms with Crippen LogP contribution in [0, 0.1) is 5.82 Å². The van der Waals surface area contributed by atoms with Gasteiger partial charge in [0.2, 0.25) is 0 Å². The Hall–Kier alpha value is -2.66. The second-order valence-electron chi connectivity index (χ2n) is 7.67. The summed E-state index contributed by atoms with van der Waals surface area (Å²) in [6, 6.07) is 10.3. The average Bonchev–Trinajstić information content (AvgIpc) is 2.73. The van der Waals surface area contributed by atoms with Gasteiger partial charge >= 0.3 is 0 Å². The molecule has 1 aromatic heterocycles. The van der Waals surface area contributed by atoms with Crippen molar-refractivity contribution in [1.82, 2.24) is 10.3 Å². The topological polar surface area (TPSA) is 95.6 Å². The highest BCUT2D eigenvalue weighted by Gasteiger charge is 2.33. The largest absolute Gasteiger partial charge is 0.503 e. The molecule has 160 valence electrons. The van der Waals surface area contributed by atoms with Crippen LogP contribution >= 0.6 is 9.24 Å². The Kier molecular flexibility index (Phi) is 7.27. The second-order valence-corrected chi connectivity index (χ2v) is 8.26. The molecule has 5 N–H and O–H groups in total. The summed E-state index contributed by atoms with van der Waals surface area (Å²) in [7, 11) is 2.50. The van der Waals surface area contributed by atoms with Crippen molar-refractivity contribution < 1.29 is 9.50 Å². The molecule has 0 radical (unpaired) electrons. The van der Waals surface area contributed by atoms with Crippen LogP contribution in [-0.2, 0) is 0 Å². The number of hydrogen-bond donors (Lipinski definition) is 4. The highest BCUT2D eigenvalue weighted by Crippen LogP contribution is 2.32. The quantitative estimate of drug-likeness (QED) is 0.232. The number of halogens is 1. The molecule has 0 aliphatic heterocycles. The van der Waals surface area contributed by atoms with E-state index in [1.54, 1.807) is 30.6 Å². The highest BCUT2D eigenvalue weighted by atomic mass is 31.0. The summed E-state index contributed by atoms with van der Waals surface area (Å²) in [6.07, 6.45) is 7.85. The molecule has 3 rings (SSSR count). The van der Waals surface area contributed by atoms with Gasteiger partial charge in [-0.1, -0.05) is 22.2 Å². The van der Waals surface area contributed by atoms with Crippen molar-refractivity contribution in [3.63, 3.8) is 0 Å². The smallest absolute Gasteiger partial charge is 0.173 e. The minimum atomic E-state index is -0.235. The number of amidine groups is 1. The summed E-state index contributed by atoms with van der Waals surface area (Å²) >= 11 is 0. The summed E-state index contributed by atoms with van der Waals surface area (Å²) in [6.45, 7) is 2.13. The van der Waals surface area contributed by atoms with Crippen LogP contribution in [0.25, 0.3) is 0 Å². The van der Waals surface area contributed by atoms with Crippen LogP contribution in [-0.4, -0.2) is 27.5 Å². The van der Waals surface area contributed by atoms with Crippen molar-refractivity contribution in [1.29, 1.82) is 0 Å². The van der Waals surface area contributed by atoms with Gasteiger partial charge in [0.1, 0.15) is 5.82 Å². The number of hydrogen-bond acceptors (Lipinski definition) is 5. The van der Waals surface area contributed by atoms with E-state index in [0.29, 0.717) is 11.7 Å². The molecular weight excluding hydrogens is 400 g/mol. The van der Waals surface area contributed by atoms with Gasteiger partial charge in [-0.25, -0.2) is 9.38 Å². The summed E-state index contributed by atoms with van der Waals surface area (Å²) in [5, 5.41) is 17.1. The lowest BCUT2D eigenvalue weighted by molar-refractivity contribution is 0.234. The molecule has 8 heteroatoms. The second kappa shape index (κ2) is 9.90. The molecule has 1 aliphatic rings. The van der Waals surface area contributed by atoms with Gasteiger partial charge in [-0.3, -0.25) is 4.98 Å². The fourth-order valence-electron chi connectivity index (χ4n) is 3.73. The third-order valence-electron chi connectivity index (χ3n) is 5.61. The Bertz CT molecular complexity index is 925. The predicted octanol–water partition coefficient (Wildman–Crippen LogP) is 3.90. The normalized spacial score (nSPS) is 22.6. The number of aliphatic imine (C=N–C) groups is 1. The van der Waals surface area contributed by atoms with Gasteiger partial charge in [-0.05, 0) is 62.4 Å². The molecule has 30 heavy (non-hydrogen) atoms. The number of aromatic nitrogens is 1. The molecule has 6 nitrogen and oxygen atoms in total. The Morgan fingerprint density at radius 1 is 1.37 bits per heavy atom. The zero-order valence-electron chi connectivity index (χ0n) is 17.1. The van der Waals surface area contributed by atoms with Crippen LogP contribution in [0.4, 0.5) is 15.8 Å². The Morgan fingerprint density at radius 2 is 2.13 bits per heavy atom. The van der Waals surface area contributed by atoms with Crippen molar-refractivity contribution >= 4 is 31.9 Å². The maximum atomic E-state index is 13.4. The maximum absolute atomic E-state index is 13.4. The predicted molar refractivity (Wildman–Crippen MR) is 124 cm³/mol. The van der Waals surface area contributed by atoms with Crippen LogP contribution < -0.4 is 21.8 Å². The third-order valence-corrected chi connectivity index (χ3v) is 5.92. The molecule has 1 saturated carbocycles. The van der Waals surface area contributed by atoms with Gasteiger partial charge < -0.3 is 21.5 Å². The molecule has 0 bridgehead atoms. The lowest BCUT2D eigenvalue weighted by atomic mass is 9.77. The number of nitrogens with zero attached hydrogens (tertiary/aromatic N) is 2. The SMILES string of the molecule is CCC1(N/C=C(/O)C(N)=Nc2ccnc(P)c2)CCC(Nc2cccc(F)c2)CC1. The van der Waals surface area contributed by atoms with E-state index >= 15 is 0 Å². The minimum absolute atomic E-state index is 0.0470. The van der Waals surface area contributed by atoms with E-state index in [4.69, 9.17) is 5.73 Å². The minimum Gasteiger partial charge on any atom is -0.503 e. The van der Waals surface area contributed by atoms with Gasteiger partial charge in [-0.15, -0.1) is 0 Å². The van der Waals surface area contributed by atoms with Crippen LogP contribution in [0.2, 0.25) is 0 Å². The third kappa shape index (κ3) is 5.92. The van der Waals surface area contributed by atoms with E-state index in [9.17, 15) is 9.50 Å². The van der Waals surface area contributed by atoms with E-state index in [-0.39, 0.29) is 23.0 Å². The average molecular weight is 429 g/mol. The monoisotopic (exact) mass is 429 g/mol. The highest BCUT2D eigenvalue weighted by molar-refractivity contribution is 7.26. The van der Waals surface area contributed by atoms with Gasteiger partial charge in [0.05, 0.1) is 11.1 Å². The molecule has 1 aliphatic carbocycles. The zero-order valence-corrected chi connectivity index (χ0v) is 18.3. The first-order chi connectivity index (χ1) is 14.4. The summed E-state index contributed by atoms with van der Waals surface area (Å²) in [5.74, 6) is -0.281. The van der Waals surface area contributed by atoms with Gasteiger partial charge in [0.25, 0.3) is 0 Å². The Balaban J connectivity index is 1.59. The van der Waals surface area contributed by atoms with Crippen LogP contribution in [0.15, 0.2) is 59.5 Å². The zero-order chi connectivity index (χ0) is 21.6. The number of anilines is 1. The van der Waals surface area contributed by atoms with Crippen molar-refractivity contribution in [2.45, 2.75) is 50.6 Å². The first-order valence-electron chi connectivity index (χ1n) is 10.1. The number of aliphatic hydroxyl groups is 1. The van der Waals surface area contributed by atoms with Crippen molar-refractivity contribution in [3.8, 4) is 0 Å². The van der Waals surface area contributed by atoms with Crippen LogP contribution in [0.1, 0.15) is 39.0 Å². The first kappa shape index (κ1) is 22.0. The fourth-order valence-corrected chi connectivity index (χ4v) is 3.98. The van der Waals surface area contributed by atoms with Gasteiger partial charge in [0.15, 0.2) is 11.6 Å². The maximum Gasteiger partial charge on any atom is 0.173 e. The van der Waals surface area contributed by atoms with Gasteiger partial charge in [-0.2, -0.15) is 0 Å². The number of pyridine rings is 1. The van der Waals surface area contributed by atoms with E-state index in [0.717, 1.165) is 43.2 Å².